The smallest absolute Gasteiger partial charge is 0.245 e. The molecule has 1 aromatic heterocycles. The van der Waals surface area contributed by atoms with Gasteiger partial charge in [0.15, 0.2) is 0 Å². The van der Waals surface area contributed by atoms with Gasteiger partial charge in [0.25, 0.3) is 0 Å². The van der Waals surface area contributed by atoms with Crippen molar-refractivity contribution >= 4 is 10.0 Å². The van der Waals surface area contributed by atoms with Gasteiger partial charge in [-0.3, -0.25) is 4.79 Å². The molecule has 1 rings (SSSR count). The predicted octanol–water partition coefficient (Wildman–Crippen LogP) is -0.187. The first kappa shape index (κ1) is 12.4. The van der Waals surface area contributed by atoms with Gasteiger partial charge in [-0.25, -0.2) is 13.1 Å². The minimum absolute atomic E-state index is 0.0207. The van der Waals surface area contributed by atoms with Gasteiger partial charge in [0.05, 0.1) is 12.0 Å². The zero-order chi connectivity index (χ0) is 12.2. The molecule has 86 valence electrons. The van der Waals surface area contributed by atoms with E-state index in [0.717, 1.165) is 12.3 Å². The summed E-state index contributed by atoms with van der Waals surface area (Å²) < 4.78 is 25.5. The molecule has 7 heteroatoms. The molecule has 0 amide bonds. The monoisotopic (exact) mass is 241 g/mol. The Morgan fingerprint density at radius 2 is 2.31 bits per heavy atom. The zero-order valence-electron chi connectivity index (χ0n) is 8.60. The third-order valence-corrected chi connectivity index (χ3v) is 3.32. The van der Waals surface area contributed by atoms with E-state index >= 15 is 0 Å². The summed E-state index contributed by atoms with van der Waals surface area (Å²) in [5, 5.41) is 8.50. The second kappa shape index (κ2) is 4.92. The fraction of sp³-hybridized carbons (Fsp3) is 0.333. The van der Waals surface area contributed by atoms with Crippen LogP contribution in [0.25, 0.3) is 0 Å². The number of rotatable bonds is 4. The van der Waals surface area contributed by atoms with Gasteiger partial charge in [0, 0.05) is 25.0 Å². The Hall–Kier alpha value is -1.65. The van der Waals surface area contributed by atoms with E-state index in [1.165, 1.54) is 6.20 Å². The van der Waals surface area contributed by atoms with Crippen LogP contribution in [-0.2, 0) is 10.0 Å². The maximum Gasteiger partial charge on any atom is 0.245 e. The number of H-pyrrole nitrogens is 1. The molecule has 6 nitrogen and oxygen atoms in total. The van der Waals surface area contributed by atoms with Gasteiger partial charge in [0.1, 0.15) is 4.90 Å². The van der Waals surface area contributed by atoms with Gasteiger partial charge in [-0.15, -0.1) is 0 Å². The van der Waals surface area contributed by atoms with Crippen molar-refractivity contribution < 1.29 is 8.42 Å². The van der Waals surface area contributed by atoms with Crippen LogP contribution in [0.1, 0.15) is 6.92 Å². The van der Waals surface area contributed by atoms with Crippen LogP contribution in [0.15, 0.2) is 28.2 Å². The van der Waals surface area contributed by atoms with Crippen molar-refractivity contribution in [2.45, 2.75) is 11.8 Å². The van der Waals surface area contributed by atoms with E-state index in [-0.39, 0.29) is 11.4 Å². The molecule has 0 aromatic carbocycles. The Morgan fingerprint density at radius 3 is 2.88 bits per heavy atom. The molecule has 0 saturated heterocycles. The molecule has 0 radical (unpaired) electrons. The Kier molecular flexibility index (Phi) is 3.82. The first-order valence-electron chi connectivity index (χ1n) is 4.54. The summed E-state index contributed by atoms with van der Waals surface area (Å²) in [6.07, 6.45) is 2.46. The maximum absolute atomic E-state index is 11.6. The van der Waals surface area contributed by atoms with Crippen molar-refractivity contribution in [1.82, 2.24) is 9.71 Å². The quantitative estimate of drug-likeness (QED) is 0.762. The molecule has 2 N–H and O–H groups in total. The molecule has 0 fully saturated rings. The van der Waals surface area contributed by atoms with E-state index < -0.39 is 21.4 Å². The van der Waals surface area contributed by atoms with E-state index in [1.54, 1.807) is 6.92 Å². The number of hydrogen-bond acceptors (Lipinski definition) is 4. The first-order chi connectivity index (χ1) is 7.47. The Morgan fingerprint density at radius 1 is 1.62 bits per heavy atom. The number of aromatic amines is 1. The van der Waals surface area contributed by atoms with Gasteiger partial charge >= 0.3 is 0 Å². The van der Waals surface area contributed by atoms with Gasteiger partial charge < -0.3 is 4.98 Å². The highest BCUT2D eigenvalue weighted by molar-refractivity contribution is 7.89. The van der Waals surface area contributed by atoms with Crippen molar-refractivity contribution in [3.63, 3.8) is 0 Å². The lowest BCUT2D eigenvalue weighted by Crippen LogP contribution is -2.31. The minimum atomic E-state index is -3.84. The maximum atomic E-state index is 11.6. The van der Waals surface area contributed by atoms with Gasteiger partial charge in [-0.2, -0.15) is 5.26 Å². The van der Waals surface area contributed by atoms with Crippen molar-refractivity contribution in [2.24, 2.45) is 5.92 Å². The van der Waals surface area contributed by atoms with Crippen LogP contribution in [0.3, 0.4) is 0 Å². The van der Waals surface area contributed by atoms with Crippen LogP contribution in [0.2, 0.25) is 0 Å². The topological polar surface area (TPSA) is 103 Å². The van der Waals surface area contributed by atoms with Crippen LogP contribution in [-0.4, -0.2) is 19.9 Å². The average molecular weight is 241 g/mol. The number of nitrogens with zero attached hydrogens (tertiary/aromatic N) is 1. The molecule has 0 aliphatic rings. The number of sulfonamides is 1. The van der Waals surface area contributed by atoms with Crippen LogP contribution in [0.5, 0.6) is 0 Å². The molecule has 0 spiro atoms. The minimum Gasteiger partial charge on any atom is -0.366 e. The summed E-state index contributed by atoms with van der Waals surface area (Å²) >= 11 is 0. The van der Waals surface area contributed by atoms with E-state index in [9.17, 15) is 13.2 Å². The van der Waals surface area contributed by atoms with E-state index in [4.69, 9.17) is 5.26 Å². The van der Waals surface area contributed by atoms with Crippen LogP contribution >= 0.6 is 0 Å². The molecule has 1 heterocycles. The molecule has 1 atom stereocenters. The Balaban J connectivity index is 2.93. The highest BCUT2D eigenvalue weighted by Crippen LogP contribution is 2.00. The zero-order valence-corrected chi connectivity index (χ0v) is 9.41. The van der Waals surface area contributed by atoms with Crippen molar-refractivity contribution in [3.05, 3.63) is 28.7 Å². The molecule has 0 bridgehead atoms. The van der Waals surface area contributed by atoms with Crippen LogP contribution in [0.4, 0.5) is 0 Å². The van der Waals surface area contributed by atoms with Crippen LogP contribution < -0.4 is 10.2 Å². The lowest BCUT2D eigenvalue weighted by atomic mass is 10.2. The standard InChI is InChI=1S/C9H11N3O3S/c1-7(4-10)5-12-16(14,15)9-6-11-3-2-8(9)13/h2-3,6-7,12H,5H2,1H3,(H,11,13). The number of nitriles is 1. The fourth-order valence-corrected chi connectivity index (χ4v) is 2.15. The second-order valence-corrected chi connectivity index (χ2v) is 4.99. The molecule has 1 aromatic rings. The van der Waals surface area contributed by atoms with E-state index in [0.29, 0.717) is 0 Å². The number of nitrogens with one attached hydrogen (secondary N) is 2. The summed E-state index contributed by atoms with van der Waals surface area (Å²) in [5.74, 6) is -0.447. The molecule has 0 saturated carbocycles. The van der Waals surface area contributed by atoms with E-state index in [1.807, 2.05) is 6.07 Å². The summed E-state index contributed by atoms with van der Waals surface area (Å²) in [4.78, 5) is 13.5. The summed E-state index contributed by atoms with van der Waals surface area (Å²) in [7, 11) is -3.84. The SMILES string of the molecule is CC(C#N)CNS(=O)(=O)c1c[nH]ccc1=O. The largest absolute Gasteiger partial charge is 0.366 e. The highest BCUT2D eigenvalue weighted by atomic mass is 32.2. The number of hydrogen-bond donors (Lipinski definition) is 2. The number of aromatic nitrogens is 1. The summed E-state index contributed by atoms with van der Waals surface area (Å²) in [5.41, 5.74) is -0.587. The molecule has 0 aliphatic carbocycles. The van der Waals surface area contributed by atoms with E-state index in [2.05, 4.69) is 9.71 Å². The van der Waals surface area contributed by atoms with Crippen molar-refractivity contribution in [3.8, 4) is 6.07 Å². The lowest BCUT2D eigenvalue weighted by molar-refractivity contribution is 0.571. The molecular formula is C9H11N3O3S. The predicted molar refractivity (Wildman–Crippen MR) is 57.0 cm³/mol. The highest BCUT2D eigenvalue weighted by Gasteiger charge is 2.17. The second-order valence-electron chi connectivity index (χ2n) is 3.25. The van der Waals surface area contributed by atoms with Crippen LogP contribution in [0, 0.1) is 17.2 Å². The summed E-state index contributed by atoms with van der Waals surface area (Å²) in [6.45, 7) is 1.56. The van der Waals surface area contributed by atoms with Gasteiger partial charge in [-0.1, -0.05) is 0 Å². The third kappa shape index (κ3) is 2.92. The van der Waals surface area contributed by atoms with Crippen molar-refractivity contribution in [1.29, 1.82) is 5.26 Å². The lowest BCUT2D eigenvalue weighted by Gasteiger charge is -2.06. The summed E-state index contributed by atoms with van der Waals surface area (Å²) in [6, 6.07) is 3.02. The normalized spacial score (nSPS) is 13.0. The molecule has 0 aliphatic heterocycles. The average Bonchev–Trinajstić information content (AvgIpc) is 2.26. The third-order valence-electron chi connectivity index (χ3n) is 1.88. The Labute approximate surface area is 93.0 Å². The molecular weight excluding hydrogens is 230 g/mol. The number of pyridine rings is 1. The molecule has 16 heavy (non-hydrogen) atoms. The Bertz CT molecular complexity index is 556. The van der Waals surface area contributed by atoms with Gasteiger partial charge in [0.2, 0.25) is 15.5 Å². The molecule has 1 unspecified atom stereocenters. The van der Waals surface area contributed by atoms with Crippen molar-refractivity contribution in [2.75, 3.05) is 6.54 Å². The fourth-order valence-electron chi connectivity index (χ4n) is 0.969. The first-order valence-corrected chi connectivity index (χ1v) is 6.02. The van der Waals surface area contributed by atoms with Gasteiger partial charge in [-0.05, 0) is 6.92 Å².